The highest BCUT2D eigenvalue weighted by molar-refractivity contribution is 6.09. The predicted octanol–water partition coefficient (Wildman–Crippen LogP) is 3.07. The Morgan fingerprint density at radius 3 is 2.70 bits per heavy atom. The molecule has 1 aliphatic rings. The third-order valence-electron chi connectivity index (χ3n) is 3.51. The number of amides is 1. The topological polar surface area (TPSA) is 41.9 Å². The molecule has 1 unspecified atom stereocenters. The third kappa shape index (κ3) is 3.06. The van der Waals surface area contributed by atoms with E-state index in [0.29, 0.717) is 5.56 Å². The monoisotopic (exact) mass is 316 g/mol. The lowest BCUT2D eigenvalue weighted by Crippen LogP contribution is -2.46. The summed E-state index contributed by atoms with van der Waals surface area (Å²) in [6, 6.07) is 11.9. The van der Waals surface area contributed by atoms with Gasteiger partial charge in [-0.3, -0.25) is 9.69 Å². The summed E-state index contributed by atoms with van der Waals surface area (Å²) in [5.74, 6) is -1.19. The smallest absolute Gasteiger partial charge is 0.272 e. The number of benzene rings is 2. The molecule has 3 rings (SSSR count). The SMILES string of the molecule is CC1ON=C(c2ccccc2F)N(Cc2cccc(F)c2)C1=O. The minimum atomic E-state index is -0.779. The first kappa shape index (κ1) is 15.1. The van der Waals surface area contributed by atoms with Gasteiger partial charge in [-0.15, -0.1) is 0 Å². The second-order valence-electron chi connectivity index (χ2n) is 5.20. The molecule has 6 heteroatoms. The first-order valence-electron chi connectivity index (χ1n) is 7.11. The van der Waals surface area contributed by atoms with Gasteiger partial charge < -0.3 is 4.84 Å². The van der Waals surface area contributed by atoms with E-state index in [4.69, 9.17) is 4.84 Å². The van der Waals surface area contributed by atoms with E-state index in [2.05, 4.69) is 5.16 Å². The minimum Gasteiger partial charge on any atom is -0.381 e. The van der Waals surface area contributed by atoms with Gasteiger partial charge in [0.15, 0.2) is 5.84 Å². The fourth-order valence-corrected chi connectivity index (χ4v) is 2.35. The summed E-state index contributed by atoms with van der Waals surface area (Å²) in [5, 5.41) is 3.88. The lowest BCUT2D eigenvalue weighted by atomic mass is 10.1. The van der Waals surface area contributed by atoms with E-state index in [-0.39, 0.29) is 23.9 Å². The van der Waals surface area contributed by atoms with Gasteiger partial charge in [0.05, 0.1) is 12.1 Å². The van der Waals surface area contributed by atoms with Crippen LogP contribution in [0.4, 0.5) is 8.78 Å². The van der Waals surface area contributed by atoms with Crippen molar-refractivity contribution in [1.82, 2.24) is 4.90 Å². The van der Waals surface area contributed by atoms with Gasteiger partial charge in [0.25, 0.3) is 5.91 Å². The Balaban J connectivity index is 1.99. The van der Waals surface area contributed by atoms with Crippen molar-refractivity contribution in [2.75, 3.05) is 0 Å². The maximum Gasteiger partial charge on any atom is 0.272 e. The quantitative estimate of drug-likeness (QED) is 0.873. The molecule has 0 saturated heterocycles. The number of oxime groups is 1. The van der Waals surface area contributed by atoms with E-state index in [9.17, 15) is 13.6 Å². The van der Waals surface area contributed by atoms with Crippen molar-refractivity contribution in [3.63, 3.8) is 0 Å². The highest BCUT2D eigenvalue weighted by Gasteiger charge is 2.33. The maximum absolute atomic E-state index is 14.0. The molecule has 0 saturated carbocycles. The molecular weight excluding hydrogens is 302 g/mol. The summed E-state index contributed by atoms with van der Waals surface area (Å²) in [6.45, 7) is 1.64. The van der Waals surface area contributed by atoms with E-state index in [0.717, 1.165) is 0 Å². The molecule has 0 spiro atoms. The molecule has 1 amide bonds. The van der Waals surface area contributed by atoms with Gasteiger partial charge in [0.2, 0.25) is 6.10 Å². The first-order valence-corrected chi connectivity index (χ1v) is 7.11. The third-order valence-corrected chi connectivity index (χ3v) is 3.51. The van der Waals surface area contributed by atoms with Crippen LogP contribution in [0.1, 0.15) is 18.1 Å². The molecule has 4 nitrogen and oxygen atoms in total. The van der Waals surface area contributed by atoms with Crippen molar-refractivity contribution in [1.29, 1.82) is 0 Å². The van der Waals surface area contributed by atoms with Crippen molar-refractivity contribution in [2.45, 2.75) is 19.6 Å². The number of carbonyl (C=O) groups excluding carboxylic acids is 1. The van der Waals surface area contributed by atoms with Gasteiger partial charge in [-0.1, -0.05) is 29.4 Å². The van der Waals surface area contributed by atoms with E-state index < -0.39 is 17.7 Å². The van der Waals surface area contributed by atoms with Crippen LogP contribution in [0.2, 0.25) is 0 Å². The van der Waals surface area contributed by atoms with E-state index in [1.807, 2.05) is 0 Å². The van der Waals surface area contributed by atoms with Crippen LogP contribution < -0.4 is 0 Å². The van der Waals surface area contributed by atoms with Gasteiger partial charge in [-0.2, -0.15) is 0 Å². The zero-order valence-electron chi connectivity index (χ0n) is 12.4. The Labute approximate surface area is 132 Å². The number of halogens is 2. The van der Waals surface area contributed by atoms with Gasteiger partial charge in [-0.25, -0.2) is 8.78 Å². The molecule has 2 aromatic rings. The molecule has 0 aliphatic carbocycles. The molecule has 0 radical (unpaired) electrons. The van der Waals surface area contributed by atoms with Crippen molar-refractivity contribution in [2.24, 2.45) is 5.16 Å². The predicted molar refractivity (Wildman–Crippen MR) is 80.4 cm³/mol. The second-order valence-corrected chi connectivity index (χ2v) is 5.20. The second kappa shape index (κ2) is 6.16. The largest absolute Gasteiger partial charge is 0.381 e. The van der Waals surface area contributed by atoms with E-state index in [1.165, 1.54) is 29.2 Å². The molecule has 1 atom stereocenters. The molecular formula is C17H14F2N2O2. The maximum atomic E-state index is 14.0. The molecule has 0 bridgehead atoms. The van der Waals surface area contributed by atoms with Gasteiger partial charge in [-0.05, 0) is 36.8 Å². The van der Waals surface area contributed by atoms with Crippen LogP contribution in [0.5, 0.6) is 0 Å². The van der Waals surface area contributed by atoms with Crippen LogP contribution in [-0.2, 0) is 16.2 Å². The van der Waals surface area contributed by atoms with Crippen molar-refractivity contribution in [3.05, 3.63) is 71.3 Å². The van der Waals surface area contributed by atoms with Crippen molar-refractivity contribution < 1.29 is 18.4 Å². The first-order chi connectivity index (χ1) is 11.1. The highest BCUT2D eigenvalue weighted by atomic mass is 19.1. The fourth-order valence-electron chi connectivity index (χ4n) is 2.35. The number of hydrogen-bond donors (Lipinski definition) is 0. The fraction of sp³-hybridized carbons (Fsp3) is 0.176. The van der Waals surface area contributed by atoms with Gasteiger partial charge >= 0.3 is 0 Å². The number of nitrogens with zero attached hydrogens (tertiary/aromatic N) is 2. The lowest BCUT2D eigenvalue weighted by molar-refractivity contribution is -0.142. The zero-order valence-corrected chi connectivity index (χ0v) is 12.4. The highest BCUT2D eigenvalue weighted by Crippen LogP contribution is 2.20. The Hall–Kier alpha value is -2.76. The van der Waals surface area contributed by atoms with Crippen LogP contribution >= 0.6 is 0 Å². The Bertz CT molecular complexity index is 777. The molecule has 2 aromatic carbocycles. The van der Waals surface area contributed by atoms with Crippen LogP contribution in [-0.4, -0.2) is 22.7 Å². The molecule has 0 N–H and O–H groups in total. The average Bonchev–Trinajstić information content (AvgIpc) is 2.53. The molecule has 118 valence electrons. The van der Waals surface area contributed by atoms with E-state index >= 15 is 0 Å². The summed E-state index contributed by atoms with van der Waals surface area (Å²) in [4.78, 5) is 18.8. The Kier molecular flexibility index (Phi) is 4.06. The van der Waals surface area contributed by atoms with Crippen LogP contribution in [0.25, 0.3) is 0 Å². The van der Waals surface area contributed by atoms with Crippen LogP contribution in [0, 0.1) is 11.6 Å². The van der Waals surface area contributed by atoms with Crippen LogP contribution in [0.15, 0.2) is 53.7 Å². The zero-order chi connectivity index (χ0) is 16.4. The Morgan fingerprint density at radius 2 is 1.96 bits per heavy atom. The number of hydrogen-bond acceptors (Lipinski definition) is 3. The molecule has 23 heavy (non-hydrogen) atoms. The number of amidine groups is 1. The van der Waals surface area contributed by atoms with Gasteiger partial charge in [0.1, 0.15) is 11.6 Å². The molecule has 1 aliphatic heterocycles. The Morgan fingerprint density at radius 1 is 1.17 bits per heavy atom. The van der Waals surface area contributed by atoms with Gasteiger partial charge in [0, 0.05) is 0 Å². The average molecular weight is 316 g/mol. The molecule has 1 heterocycles. The molecule has 0 aromatic heterocycles. The number of carbonyl (C=O) groups is 1. The summed E-state index contributed by atoms with van der Waals surface area (Å²) in [5.41, 5.74) is 0.737. The van der Waals surface area contributed by atoms with Crippen LogP contribution in [0.3, 0.4) is 0 Å². The lowest BCUT2D eigenvalue weighted by Gasteiger charge is -2.30. The minimum absolute atomic E-state index is 0.0791. The normalized spacial score (nSPS) is 17.7. The standard InChI is InChI=1S/C17H14F2N2O2/c1-11-17(22)21(10-12-5-4-6-13(18)9-12)16(20-23-11)14-7-2-3-8-15(14)19/h2-9,11H,10H2,1H3. The summed E-state index contributed by atoms with van der Waals surface area (Å²) in [7, 11) is 0. The van der Waals surface area contributed by atoms with E-state index in [1.54, 1.807) is 31.2 Å². The number of rotatable bonds is 3. The summed E-state index contributed by atoms with van der Waals surface area (Å²) < 4.78 is 27.4. The summed E-state index contributed by atoms with van der Waals surface area (Å²) >= 11 is 0. The molecule has 0 fully saturated rings. The van der Waals surface area contributed by atoms with Crippen molar-refractivity contribution in [3.8, 4) is 0 Å². The van der Waals surface area contributed by atoms with Crippen molar-refractivity contribution >= 4 is 11.7 Å². The summed E-state index contributed by atoms with van der Waals surface area (Å²) in [6.07, 6.45) is -0.779.